The molecule has 0 aromatic carbocycles. The van der Waals surface area contributed by atoms with Crippen molar-refractivity contribution in [1.82, 2.24) is 10.3 Å². The summed E-state index contributed by atoms with van der Waals surface area (Å²) in [5.41, 5.74) is 3.10. The highest BCUT2D eigenvalue weighted by molar-refractivity contribution is 7.07. The maximum absolute atomic E-state index is 4.19. The number of nitrogens with one attached hydrogen (secondary N) is 1. The summed E-state index contributed by atoms with van der Waals surface area (Å²) in [6.45, 7) is 1.15. The molecule has 0 radical (unpaired) electrons. The molecule has 1 aromatic heterocycles. The Morgan fingerprint density at radius 1 is 1.78 bits per heavy atom. The minimum atomic E-state index is 0.566. The van der Waals surface area contributed by atoms with Crippen LogP contribution in [0.15, 0.2) is 10.9 Å². The zero-order valence-corrected chi connectivity index (χ0v) is 5.82. The summed E-state index contributed by atoms with van der Waals surface area (Å²) in [4.78, 5) is 4.19. The average molecular weight is 140 g/mol. The van der Waals surface area contributed by atoms with Gasteiger partial charge in [-0.2, -0.15) is 0 Å². The first kappa shape index (κ1) is 5.38. The summed E-state index contributed by atoms with van der Waals surface area (Å²) in [6.07, 6.45) is 1.25. The second-order valence-corrected chi connectivity index (χ2v) is 2.93. The van der Waals surface area contributed by atoms with Gasteiger partial charge in [-0.1, -0.05) is 0 Å². The van der Waals surface area contributed by atoms with Crippen LogP contribution in [0.5, 0.6) is 0 Å². The molecular formula is C6H8N2S. The van der Waals surface area contributed by atoms with E-state index in [2.05, 4.69) is 15.7 Å². The minimum absolute atomic E-state index is 0.566. The van der Waals surface area contributed by atoms with Crippen LogP contribution in [0.3, 0.4) is 0 Å². The number of thiazole rings is 1. The fourth-order valence-electron chi connectivity index (χ4n) is 0.935. The maximum Gasteiger partial charge on any atom is 0.0795 e. The Bertz CT molecular complexity index is 179. The summed E-state index contributed by atoms with van der Waals surface area (Å²) in [6, 6.07) is 0.566. The molecule has 1 aliphatic rings. The van der Waals surface area contributed by atoms with E-state index >= 15 is 0 Å². The van der Waals surface area contributed by atoms with Crippen LogP contribution >= 0.6 is 11.3 Å². The Hall–Kier alpha value is -0.410. The normalized spacial score (nSPS) is 25.6. The van der Waals surface area contributed by atoms with Crippen molar-refractivity contribution in [3.63, 3.8) is 0 Å². The number of rotatable bonds is 1. The fraction of sp³-hybridized carbons (Fsp3) is 0.500. The van der Waals surface area contributed by atoms with E-state index in [4.69, 9.17) is 0 Å². The molecule has 0 spiro atoms. The molecule has 1 aromatic rings. The molecule has 48 valence electrons. The summed E-state index contributed by atoms with van der Waals surface area (Å²) in [5.74, 6) is 0. The molecule has 1 aliphatic heterocycles. The Labute approximate surface area is 57.9 Å². The fourth-order valence-corrected chi connectivity index (χ4v) is 1.54. The molecule has 2 heterocycles. The van der Waals surface area contributed by atoms with Crippen molar-refractivity contribution in [2.75, 3.05) is 6.54 Å². The molecule has 1 fully saturated rings. The van der Waals surface area contributed by atoms with Crippen molar-refractivity contribution in [2.45, 2.75) is 12.5 Å². The van der Waals surface area contributed by atoms with Gasteiger partial charge in [-0.15, -0.1) is 11.3 Å². The molecule has 0 aliphatic carbocycles. The van der Waals surface area contributed by atoms with E-state index in [1.54, 1.807) is 11.3 Å². The topological polar surface area (TPSA) is 24.9 Å². The first-order chi connectivity index (χ1) is 4.47. The quantitative estimate of drug-likeness (QED) is 0.633. The van der Waals surface area contributed by atoms with Gasteiger partial charge in [0.1, 0.15) is 0 Å². The van der Waals surface area contributed by atoms with Crippen molar-refractivity contribution in [3.8, 4) is 0 Å². The van der Waals surface area contributed by atoms with Crippen LogP contribution in [-0.2, 0) is 0 Å². The lowest BCUT2D eigenvalue weighted by molar-refractivity contribution is 0.376. The van der Waals surface area contributed by atoms with Crippen molar-refractivity contribution in [3.05, 3.63) is 16.6 Å². The third-order valence-electron chi connectivity index (χ3n) is 1.63. The summed E-state index contributed by atoms with van der Waals surface area (Å²) < 4.78 is 0. The highest BCUT2D eigenvalue weighted by Crippen LogP contribution is 2.21. The van der Waals surface area contributed by atoms with E-state index in [0.29, 0.717) is 6.04 Å². The monoisotopic (exact) mass is 140 g/mol. The lowest BCUT2D eigenvalue weighted by Gasteiger charge is -2.25. The maximum atomic E-state index is 4.19. The van der Waals surface area contributed by atoms with E-state index in [9.17, 15) is 0 Å². The Balaban J connectivity index is 2.14. The lowest BCUT2D eigenvalue weighted by Crippen LogP contribution is -2.35. The van der Waals surface area contributed by atoms with Crippen LogP contribution in [0.1, 0.15) is 18.2 Å². The molecular weight excluding hydrogens is 132 g/mol. The third-order valence-corrected chi connectivity index (χ3v) is 2.24. The third kappa shape index (κ3) is 0.862. The van der Waals surface area contributed by atoms with Gasteiger partial charge >= 0.3 is 0 Å². The SMILES string of the molecule is c1nc(C2CCN2)cs1. The average Bonchev–Trinajstić information content (AvgIpc) is 2.11. The van der Waals surface area contributed by atoms with Gasteiger partial charge in [0.25, 0.3) is 0 Å². The predicted molar refractivity (Wildman–Crippen MR) is 37.5 cm³/mol. The van der Waals surface area contributed by atoms with Crippen LogP contribution in [-0.4, -0.2) is 11.5 Å². The van der Waals surface area contributed by atoms with Crippen LogP contribution in [0, 0.1) is 0 Å². The Morgan fingerprint density at radius 2 is 2.67 bits per heavy atom. The smallest absolute Gasteiger partial charge is 0.0795 e. The number of nitrogens with zero attached hydrogens (tertiary/aromatic N) is 1. The van der Waals surface area contributed by atoms with E-state index in [-0.39, 0.29) is 0 Å². The Kier molecular flexibility index (Phi) is 1.24. The largest absolute Gasteiger partial charge is 0.308 e. The second-order valence-electron chi connectivity index (χ2n) is 2.21. The van der Waals surface area contributed by atoms with E-state index < -0.39 is 0 Å². The second kappa shape index (κ2) is 2.08. The van der Waals surface area contributed by atoms with Gasteiger partial charge in [-0.25, -0.2) is 4.98 Å². The molecule has 2 rings (SSSR count). The number of aromatic nitrogens is 1. The van der Waals surface area contributed by atoms with Crippen molar-refractivity contribution in [2.24, 2.45) is 0 Å². The highest BCUT2D eigenvalue weighted by atomic mass is 32.1. The van der Waals surface area contributed by atoms with Gasteiger partial charge < -0.3 is 5.32 Å². The van der Waals surface area contributed by atoms with Gasteiger partial charge in [0.05, 0.1) is 17.2 Å². The van der Waals surface area contributed by atoms with Gasteiger partial charge in [-0.3, -0.25) is 0 Å². The molecule has 0 saturated carbocycles. The van der Waals surface area contributed by atoms with Crippen LogP contribution in [0.25, 0.3) is 0 Å². The number of hydrogen-bond acceptors (Lipinski definition) is 3. The molecule has 3 heteroatoms. The zero-order valence-electron chi connectivity index (χ0n) is 5.00. The van der Waals surface area contributed by atoms with E-state index in [1.807, 2.05) is 5.51 Å². The molecule has 1 N–H and O–H groups in total. The molecule has 9 heavy (non-hydrogen) atoms. The van der Waals surface area contributed by atoms with E-state index in [1.165, 1.54) is 12.1 Å². The van der Waals surface area contributed by atoms with Crippen molar-refractivity contribution < 1.29 is 0 Å². The number of hydrogen-bond donors (Lipinski definition) is 1. The summed E-state index contributed by atoms with van der Waals surface area (Å²) in [7, 11) is 0. The molecule has 2 nitrogen and oxygen atoms in total. The van der Waals surface area contributed by atoms with Gasteiger partial charge in [-0.05, 0) is 13.0 Å². The van der Waals surface area contributed by atoms with E-state index in [0.717, 1.165) is 6.54 Å². The van der Waals surface area contributed by atoms with Crippen LogP contribution < -0.4 is 5.32 Å². The van der Waals surface area contributed by atoms with Gasteiger partial charge in [0, 0.05) is 5.38 Å². The minimum Gasteiger partial charge on any atom is -0.308 e. The molecule has 0 bridgehead atoms. The lowest BCUT2D eigenvalue weighted by atomic mass is 10.1. The van der Waals surface area contributed by atoms with Crippen LogP contribution in [0.4, 0.5) is 0 Å². The zero-order chi connectivity index (χ0) is 6.10. The molecule has 1 atom stereocenters. The van der Waals surface area contributed by atoms with Crippen LogP contribution in [0.2, 0.25) is 0 Å². The molecule has 0 amide bonds. The first-order valence-corrected chi connectivity index (χ1v) is 4.02. The van der Waals surface area contributed by atoms with Gasteiger partial charge in [0.2, 0.25) is 0 Å². The standard InChI is InChI=1S/C6H8N2S/c1-2-7-5(1)6-3-9-4-8-6/h3-5,7H,1-2H2. The highest BCUT2D eigenvalue weighted by Gasteiger charge is 2.19. The summed E-state index contributed by atoms with van der Waals surface area (Å²) >= 11 is 1.67. The summed E-state index contributed by atoms with van der Waals surface area (Å²) in [5, 5.41) is 5.40. The van der Waals surface area contributed by atoms with Crippen molar-refractivity contribution >= 4 is 11.3 Å². The molecule has 1 unspecified atom stereocenters. The van der Waals surface area contributed by atoms with Crippen molar-refractivity contribution in [1.29, 1.82) is 0 Å². The Morgan fingerprint density at radius 3 is 3.11 bits per heavy atom. The van der Waals surface area contributed by atoms with Gasteiger partial charge in [0.15, 0.2) is 0 Å². The molecule has 1 saturated heterocycles. The first-order valence-electron chi connectivity index (χ1n) is 3.08. The predicted octanol–water partition coefficient (Wildman–Crippen LogP) is 1.18.